The van der Waals surface area contributed by atoms with Gasteiger partial charge in [-0.2, -0.15) is 0 Å². The number of ether oxygens (including phenoxy) is 1. The van der Waals surface area contributed by atoms with E-state index < -0.39 is 91.0 Å². The number of amides is 5. The molecule has 14 heteroatoms. The highest BCUT2D eigenvalue weighted by Crippen LogP contribution is 2.29. The van der Waals surface area contributed by atoms with Crippen LogP contribution < -0.4 is 21.3 Å². The first-order valence-corrected chi connectivity index (χ1v) is 19.2. The average Bonchev–Trinajstić information content (AvgIpc) is 3.63. The lowest BCUT2D eigenvalue weighted by Gasteiger charge is -2.34. The van der Waals surface area contributed by atoms with E-state index in [0.717, 1.165) is 38.5 Å². The summed E-state index contributed by atoms with van der Waals surface area (Å²) in [6.45, 7) is 7.54. The third kappa shape index (κ3) is 14.4. The molecule has 1 saturated heterocycles. The second-order valence-electron chi connectivity index (χ2n) is 14.9. The Balaban J connectivity index is 2.45. The quantitative estimate of drug-likeness (QED) is 0.115. The van der Waals surface area contributed by atoms with Crippen LogP contribution in [0.1, 0.15) is 125 Å². The number of rotatable bonds is 14. The summed E-state index contributed by atoms with van der Waals surface area (Å²) < 4.78 is 5.81. The van der Waals surface area contributed by atoms with Gasteiger partial charge in [0.2, 0.25) is 29.5 Å². The number of likely N-dealkylation sites (N-methyl/N-ethyl adjacent to an activating group) is 1. The largest absolute Gasteiger partial charge is 0.460 e. The molecule has 6 N–H and O–H groups in total. The number of aliphatic hydroxyl groups excluding tert-OH is 2. The number of unbranched alkanes of at least 4 members (excludes halogenated alkanes) is 7. The molecule has 5 amide bonds. The molecular weight excluding hydrogens is 658 g/mol. The van der Waals surface area contributed by atoms with Gasteiger partial charge in [0.25, 0.3) is 0 Å². The van der Waals surface area contributed by atoms with E-state index in [1.54, 1.807) is 6.92 Å². The summed E-state index contributed by atoms with van der Waals surface area (Å²) >= 11 is 0. The molecule has 0 aromatic carbocycles. The average molecular weight is 724 g/mol. The van der Waals surface area contributed by atoms with E-state index in [9.17, 15) is 39.0 Å². The van der Waals surface area contributed by atoms with E-state index in [1.807, 2.05) is 13.8 Å². The van der Waals surface area contributed by atoms with Crippen LogP contribution in [0.25, 0.3) is 0 Å². The topological polar surface area (TPSA) is 203 Å². The van der Waals surface area contributed by atoms with Crippen molar-refractivity contribution < 1.29 is 43.7 Å². The third-order valence-electron chi connectivity index (χ3n) is 10.1. The highest BCUT2D eigenvalue weighted by Gasteiger charge is 2.40. The number of aliphatic hydroxyl groups is 2. The lowest BCUT2D eigenvalue weighted by atomic mass is 9.93. The van der Waals surface area contributed by atoms with Gasteiger partial charge in [0.1, 0.15) is 36.8 Å². The predicted octanol–water partition coefficient (Wildman–Crippen LogP) is 2.09. The van der Waals surface area contributed by atoms with Crippen LogP contribution >= 0.6 is 0 Å². The fourth-order valence-corrected chi connectivity index (χ4v) is 6.94. The minimum absolute atomic E-state index is 0.00515. The molecule has 292 valence electrons. The number of cyclic esters (lactones) is 1. The molecule has 2 fully saturated rings. The number of nitrogens with zero attached hydrogens (tertiary/aromatic N) is 1. The van der Waals surface area contributed by atoms with Gasteiger partial charge in [-0.25, -0.2) is 0 Å². The molecule has 1 heterocycles. The zero-order valence-electron chi connectivity index (χ0n) is 31.7. The van der Waals surface area contributed by atoms with Crippen molar-refractivity contribution in [3.63, 3.8) is 0 Å². The molecule has 14 nitrogen and oxygen atoms in total. The first-order valence-electron chi connectivity index (χ1n) is 19.2. The van der Waals surface area contributed by atoms with Crippen molar-refractivity contribution in [1.29, 1.82) is 0 Å². The van der Waals surface area contributed by atoms with Crippen LogP contribution in [0.2, 0.25) is 0 Å². The Bertz CT molecular complexity index is 1140. The number of carbonyl (C=O) groups is 6. The maximum atomic E-state index is 14.1. The van der Waals surface area contributed by atoms with Gasteiger partial charge in [0.15, 0.2) is 0 Å². The fraction of sp³-hybridized carbons (Fsp3) is 0.838. The summed E-state index contributed by atoms with van der Waals surface area (Å²) in [6.07, 6.45) is 9.90. The lowest BCUT2D eigenvalue weighted by molar-refractivity contribution is -0.157. The van der Waals surface area contributed by atoms with Gasteiger partial charge in [-0.1, -0.05) is 85.5 Å². The molecule has 7 atom stereocenters. The molecule has 51 heavy (non-hydrogen) atoms. The van der Waals surface area contributed by atoms with Gasteiger partial charge < -0.3 is 41.1 Å². The van der Waals surface area contributed by atoms with Crippen LogP contribution in [0.4, 0.5) is 0 Å². The molecule has 0 spiro atoms. The first-order chi connectivity index (χ1) is 24.2. The second kappa shape index (κ2) is 22.6. The Morgan fingerprint density at radius 1 is 0.824 bits per heavy atom. The molecule has 1 saturated carbocycles. The Kier molecular flexibility index (Phi) is 19.5. The molecule has 0 aromatic heterocycles. The van der Waals surface area contributed by atoms with E-state index >= 15 is 0 Å². The van der Waals surface area contributed by atoms with E-state index in [0.29, 0.717) is 32.1 Å². The minimum atomic E-state index is -1.53. The number of carbonyl (C=O) groups excluding carboxylic acids is 6. The molecule has 2 aliphatic rings. The SMILES string of the molecule is CCCCCCCCCC[C@H]1OC(=O)CNC(=O)[C@H]([C@H](C)O)NC(=O)[C@H](CO)NC(=O)[C@H](C2CCCC2)NC(=O)[C@H](CC(C)C)N(C)C(=O)[C@@H]1C. The van der Waals surface area contributed by atoms with E-state index in [-0.39, 0.29) is 11.8 Å². The Hall–Kier alpha value is -3.26. The molecular formula is C37H65N5O9. The summed E-state index contributed by atoms with van der Waals surface area (Å²) in [5.74, 6) is -5.30. The van der Waals surface area contributed by atoms with Gasteiger partial charge in [0, 0.05) is 7.05 Å². The van der Waals surface area contributed by atoms with Gasteiger partial charge >= 0.3 is 5.97 Å². The van der Waals surface area contributed by atoms with Crippen molar-refractivity contribution in [2.24, 2.45) is 17.8 Å². The number of hydrogen-bond acceptors (Lipinski definition) is 9. The molecule has 0 unspecified atom stereocenters. The third-order valence-corrected chi connectivity index (χ3v) is 10.1. The first kappa shape index (κ1) is 43.9. The Morgan fingerprint density at radius 2 is 1.43 bits per heavy atom. The van der Waals surface area contributed by atoms with Crippen LogP contribution in [0.5, 0.6) is 0 Å². The zero-order chi connectivity index (χ0) is 38.1. The van der Waals surface area contributed by atoms with Crippen LogP contribution in [-0.4, -0.2) is 107 Å². The molecule has 1 aliphatic carbocycles. The van der Waals surface area contributed by atoms with Gasteiger partial charge in [-0.05, 0) is 50.9 Å². The summed E-state index contributed by atoms with van der Waals surface area (Å²) in [5, 5.41) is 30.5. The van der Waals surface area contributed by atoms with Crippen molar-refractivity contribution in [3.8, 4) is 0 Å². The number of esters is 1. The lowest BCUT2D eigenvalue weighted by Crippen LogP contribution is -2.61. The molecule has 0 aromatic rings. The minimum Gasteiger partial charge on any atom is -0.460 e. The van der Waals surface area contributed by atoms with Crippen molar-refractivity contribution in [2.75, 3.05) is 20.2 Å². The van der Waals surface area contributed by atoms with Crippen LogP contribution in [-0.2, 0) is 33.5 Å². The summed E-state index contributed by atoms with van der Waals surface area (Å²) in [4.78, 5) is 82.5. The fourth-order valence-electron chi connectivity index (χ4n) is 6.94. The number of hydrogen-bond donors (Lipinski definition) is 6. The molecule has 0 radical (unpaired) electrons. The summed E-state index contributed by atoms with van der Waals surface area (Å²) in [6, 6.07) is -5.02. The zero-order valence-corrected chi connectivity index (χ0v) is 31.7. The maximum Gasteiger partial charge on any atom is 0.325 e. The van der Waals surface area contributed by atoms with Crippen molar-refractivity contribution >= 4 is 35.5 Å². The molecule has 2 rings (SSSR count). The van der Waals surface area contributed by atoms with Gasteiger partial charge in [-0.15, -0.1) is 0 Å². The van der Waals surface area contributed by atoms with Crippen molar-refractivity contribution in [2.45, 2.75) is 161 Å². The predicted molar refractivity (Wildman–Crippen MR) is 192 cm³/mol. The normalized spacial score (nSPS) is 27.5. The number of nitrogens with one attached hydrogen (secondary N) is 4. The Labute approximate surface area is 303 Å². The van der Waals surface area contributed by atoms with Crippen molar-refractivity contribution in [1.82, 2.24) is 26.2 Å². The van der Waals surface area contributed by atoms with Crippen LogP contribution in [0.3, 0.4) is 0 Å². The van der Waals surface area contributed by atoms with Gasteiger partial charge in [0.05, 0.1) is 18.6 Å². The summed E-state index contributed by atoms with van der Waals surface area (Å²) in [7, 11) is 1.54. The standard InChI is InChI=1S/C37H65N5O9/c1-7-8-9-10-11-12-13-14-19-29-24(4)37(50)42(6)28(20-23(2)3)34(47)41-32(26-17-15-16-18-26)36(49)39-27(22-43)33(46)40-31(25(5)44)35(48)38-21-30(45)51-29/h23-29,31-32,43-44H,7-22H2,1-6H3,(H,38,48)(H,39,49)(H,40,46)(H,41,47)/t24-,25+,27+,28+,29-,31+,32+/m1/s1. The molecule has 1 aliphatic heterocycles. The smallest absolute Gasteiger partial charge is 0.325 e. The van der Waals surface area contributed by atoms with Crippen molar-refractivity contribution in [3.05, 3.63) is 0 Å². The van der Waals surface area contributed by atoms with Crippen LogP contribution in [0.15, 0.2) is 0 Å². The summed E-state index contributed by atoms with van der Waals surface area (Å²) in [5.41, 5.74) is 0. The highest BCUT2D eigenvalue weighted by atomic mass is 16.5. The second-order valence-corrected chi connectivity index (χ2v) is 14.9. The van der Waals surface area contributed by atoms with E-state index in [1.165, 1.54) is 38.1 Å². The van der Waals surface area contributed by atoms with E-state index in [4.69, 9.17) is 4.74 Å². The van der Waals surface area contributed by atoms with E-state index in [2.05, 4.69) is 28.2 Å². The van der Waals surface area contributed by atoms with Crippen LogP contribution in [0, 0.1) is 17.8 Å². The maximum absolute atomic E-state index is 14.1. The van der Waals surface area contributed by atoms with Gasteiger partial charge in [-0.3, -0.25) is 28.8 Å². The monoisotopic (exact) mass is 723 g/mol. The molecule has 0 bridgehead atoms. The highest BCUT2D eigenvalue weighted by molar-refractivity contribution is 5.96. The Morgan fingerprint density at radius 3 is 2.00 bits per heavy atom.